The van der Waals surface area contributed by atoms with E-state index < -0.39 is 11.9 Å². The zero-order chi connectivity index (χ0) is 32.8. The predicted molar refractivity (Wildman–Crippen MR) is 173 cm³/mol. The summed E-state index contributed by atoms with van der Waals surface area (Å²) in [6.07, 6.45) is 1.88. The number of nitrogens with zero attached hydrogens (tertiary/aromatic N) is 5. The highest BCUT2D eigenvalue weighted by Gasteiger charge is 2.33. The minimum absolute atomic E-state index is 0.00892. The number of hydrazone groups is 1. The van der Waals surface area contributed by atoms with Crippen molar-refractivity contribution < 1.29 is 27.9 Å². The average molecular weight is 655 g/mol. The molecule has 0 aliphatic carbocycles. The standard InChI is InChI=1S/C34H31FN6O5S/c1-3-45-27-16-12-25(13-17-27)40-31(20-36-33(43)30-5-4-18-46-30)37-38-34(40)47-21-32(42)41-29(23-6-10-24(35)11-7-23)19-28(39-41)22-8-14-26(44-2)15-9-22/h4-18,29H,3,19-21H2,1-2H3,(H,36,43). The Kier molecular flexibility index (Phi) is 9.62. The quantitative estimate of drug-likeness (QED) is 0.167. The SMILES string of the molecule is CCOc1ccc(-n2c(CNC(=O)c3ccco3)nnc2SCC(=O)N2N=C(c3ccc(OC)cc3)CC2c2ccc(F)cc2)cc1. The van der Waals surface area contributed by atoms with Crippen molar-refractivity contribution in [3.63, 3.8) is 0 Å². The second kappa shape index (κ2) is 14.3. The van der Waals surface area contributed by atoms with Crippen LogP contribution in [0.25, 0.3) is 5.69 Å². The van der Waals surface area contributed by atoms with Gasteiger partial charge < -0.3 is 19.2 Å². The van der Waals surface area contributed by atoms with Gasteiger partial charge in [0.1, 0.15) is 17.3 Å². The third-order valence-corrected chi connectivity index (χ3v) is 8.34. The maximum atomic E-state index is 13.8. The number of hydrogen-bond acceptors (Lipinski definition) is 9. The molecule has 1 aliphatic heterocycles. The summed E-state index contributed by atoms with van der Waals surface area (Å²) in [6, 6.07) is 23.7. The van der Waals surface area contributed by atoms with Crippen molar-refractivity contribution >= 4 is 29.3 Å². The van der Waals surface area contributed by atoms with Gasteiger partial charge in [0.15, 0.2) is 16.7 Å². The normalized spacial score (nSPS) is 14.1. The van der Waals surface area contributed by atoms with E-state index in [0.717, 1.165) is 22.5 Å². The van der Waals surface area contributed by atoms with Gasteiger partial charge in [-0.05, 0) is 90.8 Å². The van der Waals surface area contributed by atoms with Crippen LogP contribution in [0.4, 0.5) is 4.39 Å². The molecule has 3 aromatic carbocycles. The van der Waals surface area contributed by atoms with Crippen LogP contribution < -0.4 is 14.8 Å². The van der Waals surface area contributed by atoms with E-state index in [4.69, 9.17) is 19.0 Å². The summed E-state index contributed by atoms with van der Waals surface area (Å²) < 4.78 is 31.6. The van der Waals surface area contributed by atoms with Crippen LogP contribution in [0.1, 0.15) is 46.9 Å². The zero-order valence-corrected chi connectivity index (χ0v) is 26.4. The lowest BCUT2D eigenvalue weighted by molar-refractivity contribution is -0.130. The first-order valence-corrected chi connectivity index (χ1v) is 15.8. The topological polar surface area (TPSA) is 124 Å². The molecular formula is C34H31FN6O5S. The number of furan rings is 1. The molecule has 0 fully saturated rings. The number of carbonyl (C=O) groups is 2. The van der Waals surface area contributed by atoms with Crippen LogP contribution >= 0.6 is 11.8 Å². The van der Waals surface area contributed by atoms with E-state index in [1.165, 1.54) is 35.2 Å². The zero-order valence-electron chi connectivity index (χ0n) is 25.6. The summed E-state index contributed by atoms with van der Waals surface area (Å²) in [4.78, 5) is 26.4. The number of aromatic nitrogens is 3. The molecule has 6 rings (SSSR count). The molecule has 1 N–H and O–H groups in total. The van der Waals surface area contributed by atoms with Gasteiger partial charge in [-0.2, -0.15) is 5.10 Å². The maximum Gasteiger partial charge on any atom is 0.287 e. The summed E-state index contributed by atoms with van der Waals surface area (Å²) in [5.41, 5.74) is 3.08. The molecule has 3 heterocycles. The molecule has 5 aromatic rings. The van der Waals surface area contributed by atoms with Crippen LogP contribution in [0.15, 0.2) is 106 Å². The van der Waals surface area contributed by atoms with Crippen LogP contribution in [-0.4, -0.2) is 56.8 Å². The second-order valence-electron chi connectivity index (χ2n) is 10.4. The molecule has 47 heavy (non-hydrogen) atoms. The minimum atomic E-state index is -0.419. The van der Waals surface area contributed by atoms with E-state index in [9.17, 15) is 14.0 Å². The number of halogens is 1. The summed E-state index contributed by atoms with van der Waals surface area (Å²) in [5, 5.41) is 18.1. The monoisotopic (exact) mass is 654 g/mol. The molecule has 13 heteroatoms. The van der Waals surface area contributed by atoms with E-state index in [2.05, 4.69) is 15.5 Å². The van der Waals surface area contributed by atoms with Crippen LogP contribution in [-0.2, 0) is 11.3 Å². The lowest BCUT2D eigenvalue weighted by Crippen LogP contribution is -2.28. The summed E-state index contributed by atoms with van der Waals surface area (Å²) >= 11 is 1.20. The third kappa shape index (κ3) is 7.20. The Hall–Kier alpha value is -5.43. The minimum Gasteiger partial charge on any atom is -0.497 e. The van der Waals surface area contributed by atoms with Crippen LogP contribution in [0.2, 0.25) is 0 Å². The molecule has 0 radical (unpaired) electrons. The predicted octanol–water partition coefficient (Wildman–Crippen LogP) is 5.81. The van der Waals surface area contributed by atoms with Gasteiger partial charge in [-0.25, -0.2) is 9.40 Å². The Bertz CT molecular complexity index is 1860. The lowest BCUT2D eigenvalue weighted by atomic mass is 9.98. The highest BCUT2D eigenvalue weighted by atomic mass is 32.2. The lowest BCUT2D eigenvalue weighted by Gasteiger charge is -2.22. The van der Waals surface area contributed by atoms with E-state index in [-0.39, 0.29) is 29.8 Å². The number of amides is 2. The number of nitrogens with one attached hydrogen (secondary N) is 1. The van der Waals surface area contributed by atoms with Crippen molar-refractivity contribution in [1.82, 2.24) is 25.1 Å². The van der Waals surface area contributed by atoms with E-state index in [1.54, 1.807) is 35.9 Å². The van der Waals surface area contributed by atoms with Crippen molar-refractivity contribution in [3.05, 3.63) is 120 Å². The fourth-order valence-corrected chi connectivity index (χ4v) is 5.94. The molecule has 11 nitrogen and oxygen atoms in total. The summed E-state index contributed by atoms with van der Waals surface area (Å²) in [5.74, 6) is 1.01. The first kappa shape index (κ1) is 31.5. The molecule has 0 saturated carbocycles. The highest BCUT2D eigenvalue weighted by molar-refractivity contribution is 7.99. The van der Waals surface area contributed by atoms with E-state index >= 15 is 0 Å². The van der Waals surface area contributed by atoms with Gasteiger partial charge in [0.05, 0.1) is 44.0 Å². The van der Waals surface area contributed by atoms with E-state index in [0.29, 0.717) is 35.5 Å². The fourth-order valence-electron chi connectivity index (χ4n) is 5.12. The van der Waals surface area contributed by atoms with Gasteiger partial charge in [-0.3, -0.25) is 14.2 Å². The van der Waals surface area contributed by atoms with Gasteiger partial charge in [-0.1, -0.05) is 23.9 Å². The average Bonchev–Trinajstić information content (AvgIpc) is 3.88. The van der Waals surface area contributed by atoms with Gasteiger partial charge in [0.25, 0.3) is 11.8 Å². The molecule has 2 amide bonds. The van der Waals surface area contributed by atoms with Gasteiger partial charge in [-0.15, -0.1) is 10.2 Å². The highest BCUT2D eigenvalue weighted by Crippen LogP contribution is 2.34. The molecule has 0 saturated heterocycles. The van der Waals surface area contributed by atoms with E-state index in [1.807, 2.05) is 55.5 Å². The number of thioether (sulfide) groups is 1. The summed E-state index contributed by atoms with van der Waals surface area (Å²) in [7, 11) is 1.60. The second-order valence-corrected chi connectivity index (χ2v) is 11.3. The smallest absolute Gasteiger partial charge is 0.287 e. The Morgan fingerprint density at radius 1 is 1.00 bits per heavy atom. The maximum absolute atomic E-state index is 13.8. The largest absolute Gasteiger partial charge is 0.497 e. The van der Waals surface area contributed by atoms with Gasteiger partial charge in [0.2, 0.25) is 0 Å². The summed E-state index contributed by atoms with van der Waals surface area (Å²) in [6.45, 7) is 2.49. The van der Waals surface area contributed by atoms with Crippen molar-refractivity contribution in [1.29, 1.82) is 0 Å². The number of carbonyl (C=O) groups excluding carboxylic acids is 2. The Morgan fingerprint density at radius 2 is 1.74 bits per heavy atom. The van der Waals surface area contributed by atoms with Crippen LogP contribution in [0.3, 0.4) is 0 Å². The first-order valence-electron chi connectivity index (χ1n) is 14.8. The Balaban J connectivity index is 1.25. The molecule has 1 atom stereocenters. The first-order chi connectivity index (χ1) is 22.9. The van der Waals surface area contributed by atoms with Crippen LogP contribution in [0, 0.1) is 5.82 Å². The fraction of sp³-hybridized carbons (Fsp3) is 0.206. The Labute approximate surface area is 274 Å². The number of methoxy groups -OCH3 is 1. The molecular weight excluding hydrogens is 623 g/mol. The molecule has 0 spiro atoms. The van der Waals surface area contributed by atoms with Crippen molar-refractivity contribution in [2.24, 2.45) is 5.10 Å². The third-order valence-electron chi connectivity index (χ3n) is 7.43. The van der Waals surface area contributed by atoms with Gasteiger partial charge in [0, 0.05) is 12.1 Å². The number of hydrogen-bond donors (Lipinski definition) is 1. The van der Waals surface area contributed by atoms with Crippen molar-refractivity contribution in [2.45, 2.75) is 31.1 Å². The van der Waals surface area contributed by atoms with Gasteiger partial charge >= 0.3 is 0 Å². The molecule has 240 valence electrons. The molecule has 2 aromatic heterocycles. The molecule has 1 unspecified atom stereocenters. The number of benzene rings is 3. The van der Waals surface area contributed by atoms with Crippen molar-refractivity contribution in [3.8, 4) is 17.2 Å². The van der Waals surface area contributed by atoms with Crippen molar-refractivity contribution in [2.75, 3.05) is 19.5 Å². The molecule has 1 aliphatic rings. The number of rotatable bonds is 12. The molecule has 0 bridgehead atoms. The number of ether oxygens (including phenoxy) is 2. The Morgan fingerprint density at radius 3 is 2.43 bits per heavy atom. The van der Waals surface area contributed by atoms with Crippen LogP contribution in [0.5, 0.6) is 11.5 Å².